The fourth-order valence-electron chi connectivity index (χ4n) is 2.03. The first kappa shape index (κ1) is 14.3. The second-order valence-electron chi connectivity index (χ2n) is 4.63. The van der Waals surface area contributed by atoms with Crippen LogP contribution in [0.1, 0.15) is 9.75 Å². The highest BCUT2D eigenvalue weighted by Gasteiger charge is 2.20. The highest BCUT2D eigenvalue weighted by atomic mass is 32.2. The molecular formula is C13H13N3O2S3. The van der Waals surface area contributed by atoms with E-state index in [1.165, 1.54) is 22.7 Å². The van der Waals surface area contributed by atoms with Crippen LogP contribution in [0.2, 0.25) is 0 Å². The summed E-state index contributed by atoms with van der Waals surface area (Å²) in [5.74, 6) is 0. The monoisotopic (exact) mass is 339 g/mol. The van der Waals surface area contributed by atoms with Crippen molar-refractivity contribution in [2.75, 3.05) is 10.5 Å². The average molecular weight is 339 g/mol. The number of rotatable bonds is 3. The lowest BCUT2D eigenvalue weighted by Crippen LogP contribution is -2.12. The number of hydrogen-bond acceptors (Lipinski definition) is 6. The SMILES string of the molecule is Cc1cc(S(=O)(=O)Nc2nc3ccc(N)cc3s2)c(C)s1. The lowest BCUT2D eigenvalue weighted by atomic mass is 10.3. The summed E-state index contributed by atoms with van der Waals surface area (Å²) < 4.78 is 28.2. The third kappa shape index (κ3) is 2.74. The Morgan fingerprint density at radius 3 is 2.62 bits per heavy atom. The van der Waals surface area contributed by atoms with Gasteiger partial charge in [-0.05, 0) is 38.1 Å². The van der Waals surface area contributed by atoms with Crippen LogP contribution < -0.4 is 10.5 Å². The minimum atomic E-state index is -3.60. The molecule has 0 radical (unpaired) electrons. The van der Waals surface area contributed by atoms with E-state index < -0.39 is 10.0 Å². The van der Waals surface area contributed by atoms with E-state index in [9.17, 15) is 8.42 Å². The number of aromatic nitrogens is 1. The molecule has 0 fully saturated rings. The number of thiophene rings is 1. The van der Waals surface area contributed by atoms with Crippen LogP contribution in [0.25, 0.3) is 10.2 Å². The molecule has 0 unspecified atom stereocenters. The zero-order valence-electron chi connectivity index (χ0n) is 11.4. The third-order valence-corrected chi connectivity index (χ3v) is 6.54. The lowest BCUT2D eigenvalue weighted by Gasteiger charge is -2.03. The lowest BCUT2D eigenvalue weighted by molar-refractivity contribution is 0.601. The summed E-state index contributed by atoms with van der Waals surface area (Å²) in [6.45, 7) is 3.68. The minimum absolute atomic E-state index is 0.309. The number of hydrogen-bond donors (Lipinski definition) is 2. The summed E-state index contributed by atoms with van der Waals surface area (Å²) in [6.07, 6.45) is 0. The van der Waals surface area contributed by atoms with Gasteiger partial charge < -0.3 is 5.73 Å². The van der Waals surface area contributed by atoms with Crippen molar-refractivity contribution in [3.8, 4) is 0 Å². The van der Waals surface area contributed by atoms with Crippen molar-refractivity contribution >= 4 is 53.7 Å². The highest BCUT2D eigenvalue weighted by Crippen LogP contribution is 2.31. The summed E-state index contributed by atoms with van der Waals surface area (Å²) in [5, 5.41) is 0.346. The first-order chi connectivity index (χ1) is 9.85. The standard InChI is InChI=1S/C13H13N3O2S3/c1-7-5-12(8(2)19-7)21(17,18)16-13-15-10-4-3-9(14)6-11(10)20-13/h3-6H,14H2,1-2H3,(H,15,16). The topological polar surface area (TPSA) is 85.1 Å². The average Bonchev–Trinajstić information content (AvgIpc) is 2.91. The van der Waals surface area contributed by atoms with Crippen molar-refractivity contribution in [2.24, 2.45) is 0 Å². The number of thiazole rings is 1. The quantitative estimate of drug-likeness (QED) is 0.717. The van der Waals surface area contributed by atoms with Gasteiger partial charge in [-0.25, -0.2) is 13.4 Å². The Kier molecular flexibility index (Phi) is 3.39. The van der Waals surface area contributed by atoms with Gasteiger partial charge in [0.15, 0.2) is 5.13 Å². The van der Waals surface area contributed by atoms with E-state index in [1.54, 1.807) is 31.2 Å². The minimum Gasteiger partial charge on any atom is -0.399 e. The van der Waals surface area contributed by atoms with E-state index in [1.807, 2.05) is 6.92 Å². The van der Waals surface area contributed by atoms with Gasteiger partial charge in [-0.2, -0.15) is 0 Å². The number of sulfonamides is 1. The molecule has 5 nitrogen and oxygen atoms in total. The number of benzene rings is 1. The molecule has 8 heteroatoms. The summed E-state index contributed by atoms with van der Waals surface area (Å²) in [7, 11) is -3.60. The van der Waals surface area contributed by atoms with Gasteiger partial charge in [0.1, 0.15) is 4.90 Å². The molecule has 2 aromatic heterocycles. The third-order valence-electron chi connectivity index (χ3n) is 2.92. The van der Waals surface area contributed by atoms with Crippen LogP contribution >= 0.6 is 22.7 Å². The van der Waals surface area contributed by atoms with Crippen LogP contribution in [0.4, 0.5) is 10.8 Å². The van der Waals surface area contributed by atoms with Gasteiger partial charge in [0, 0.05) is 15.4 Å². The molecule has 0 atom stereocenters. The first-order valence-corrected chi connectivity index (χ1v) is 9.23. The number of nitrogens with one attached hydrogen (secondary N) is 1. The van der Waals surface area contributed by atoms with Gasteiger partial charge >= 0.3 is 0 Å². The van der Waals surface area contributed by atoms with Gasteiger partial charge in [0.25, 0.3) is 10.0 Å². The fourth-order valence-corrected chi connectivity index (χ4v) is 5.73. The summed E-state index contributed by atoms with van der Waals surface area (Å²) in [4.78, 5) is 6.32. The Morgan fingerprint density at radius 2 is 1.95 bits per heavy atom. The number of aryl methyl sites for hydroxylation is 2. The Hall–Kier alpha value is -1.64. The molecule has 0 saturated carbocycles. The van der Waals surface area contributed by atoms with Crippen molar-refractivity contribution in [1.29, 1.82) is 0 Å². The highest BCUT2D eigenvalue weighted by molar-refractivity contribution is 7.93. The molecule has 21 heavy (non-hydrogen) atoms. The molecule has 0 amide bonds. The predicted molar refractivity (Wildman–Crippen MR) is 88.6 cm³/mol. The molecule has 110 valence electrons. The van der Waals surface area contributed by atoms with Gasteiger partial charge in [0.05, 0.1) is 10.2 Å². The van der Waals surface area contributed by atoms with Gasteiger partial charge in [-0.3, -0.25) is 4.72 Å². The molecule has 0 aliphatic heterocycles. The normalized spacial score (nSPS) is 11.9. The number of fused-ring (bicyclic) bond motifs is 1. The van der Waals surface area contributed by atoms with E-state index in [-0.39, 0.29) is 0 Å². The second-order valence-corrected chi connectivity index (χ2v) is 8.77. The summed E-state index contributed by atoms with van der Waals surface area (Å²) in [5.41, 5.74) is 7.07. The molecule has 0 aliphatic carbocycles. The van der Waals surface area contributed by atoms with Crippen LogP contribution in [-0.2, 0) is 10.0 Å². The van der Waals surface area contributed by atoms with E-state index >= 15 is 0 Å². The van der Waals surface area contributed by atoms with Crippen molar-refractivity contribution in [3.05, 3.63) is 34.0 Å². The van der Waals surface area contributed by atoms with Crippen molar-refractivity contribution in [1.82, 2.24) is 4.98 Å². The molecule has 3 rings (SSSR count). The van der Waals surface area contributed by atoms with Crippen LogP contribution in [-0.4, -0.2) is 13.4 Å². The molecule has 1 aromatic carbocycles. The maximum atomic E-state index is 12.4. The van der Waals surface area contributed by atoms with E-state index in [4.69, 9.17) is 5.73 Å². The zero-order valence-corrected chi connectivity index (χ0v) is 13.8. The van der Waals surface area contributed by atoms with Crippen LogP contribution in [0.3, 0.4) is 0 Å². The number of nitrogens with zero attached hydrogens (tertiary/aromatic N) is 1. The molecule has 2 heterocycles. The first-order valence-electron chi connectivity index (χ1n) is 6.11. The zero-order chi connectivity index (χ0) is 15.2. The molecular weight excluding hydrogens is 326 g/mol. The molecule has 0 aliphatic rings. The van der Waals surface area contributed by atoms with Crippen LogP contribution in [0.5, 0.6) is 0 Å². The molecule has 3 aromatic rings. The van der Waals surface area contributed by atoms with Gasteiger partial charge in [-0.15, -0.1) is 11.3 Å². The maximum Gasteiger partial charge on any atom is 0.264 e. The van der Waals surface area contributed by atoms with Crippen LogP contribution in [0, 0.1) is 13.8 Å². The molecule has 0 spiro atoms. The van der Waals surface area contributed by atoms with E-state index in [0.717, 1.165) is 20.0 Å². The second kappa shape index (κ2) is 4.97. The largest absolute Gasteiger partial charge is 0.399 e. The number of nitrogens with two attached hydrogens (primary N) is 1. The molecule has 3 N–H and O–H groups in total. The Balaban J connectivity index is 1.99. The van der Waals surface area contributed by atoms with Crippen molar-refractivity contribution < 1.29 is 8.42 Å². The number of nitrogen functional groups attached to an aromatic ring is 1. The van der Waals surface area contributed by atoms with Crippen LogP contribution in [0.15, 0.2) is 29.2 Å². The Bertz CT molecular complexity index is 925. The smallest absolute Gasteiger partial charge is 0.264 e. The summed E-state index contributed by atoms with van der Waals surface area (Å²) in [6, 6.07) is 6.98. The number of anilines is 2. The van der Waals surface area contributed by atoms with E-state index in [0.29, 0.717) is 15.7 Å². The van der Waals surface area contributed by atoms with E-state index in [2.05, 4.69) is 9.71 Å². The Labute approximate surface area is 130 Å². The molecule has 0 saturated heterocycles. The maximum absolute atomic E-state index is 12.4. The Morgan fingerprint density at radius 1 is 1.19 bits per heavy atom. The fraction of sp³-hybridized carbons (Fsp3) is 0.154. The van der Waals surface area contributed by atoms with Gasteiger partial charge in [0.2, 0.25) is 0 Å². The van der Waals surface area contributed by atoms with Gasteiger partial charge in [-0.1, -0.05) is 11.3 Å². The van der Waals surface area contributed by atoms with Crippen molar-refractivity contribution in [3.63, 3.8) is 0 Å². The molecule has 0 bridgehead atoms. The predicted octanol–water partition coefficient (Wildman–Crippen LogP) is 3.36. The summed E-state index contributed by atoms with van der Waals surface area (Å²) >= 11 is 2.73. The van der Waals surface area contributed by atoms with Crippen molar-refractivity contribution in [2.45, 2.75) is 18.7 Å².